The first-order valence-corrected chi connectivity index (χ1v) is 13.6. The van der Waals surface area contributed by atoms with Gasteiger partial charge in [-0.15, -0.1) is 0 Å². The first-order chi connectivity index (χ1) is 19.0. The minimum atomic E-state index is -0.925. The standard InChI is InChI=1S/C31H35N3O6/c1-17(2)8-5-9-18(3)10-7-13-31(4)25(36)15-21-24(35)14-20-22(27(21)40-31)16-34(30(20)39)23-12-6-11-19-26(23)29(38)33-32-28(19)37/h6,8,10-12,14,25,35-36H,5,7,9,13,15-16H2,1-4H3,(H,32,37)(H,33,38)/b18-10+/t25-,31-/m0/s1. The van der Waals surface area contributed by atoms with Gasteiger partial charge in [0.15, 0.2) is 0 Å². The van der Waals surface area contributed by atoms with Crippen LogP contribution < -0.4 is 20.8 Å². The van der Waals surface area contributed by atoms with E-state index in [1.165, 1.54) is 28.2 Å². The number of hydrogen-bond donors (Lipinski definition) is 4. The first-order valence-electron chi connectivity index (χ1n) is 13.6. The molecule has 0 saturated carbocycles. The molecule has 1 aromatic heterocycles. The number of aliphatic hydroxyl groups is 1. The molecule has 3 heterocycles. The quantitative estimate of drug-likeness (QED) is 0.320. The lowest BCUT2D eigenvalue weighted by molar-refractivity contribution is -0.0597. The van der Waals surface area contributed by atoms with E-state index in [0.29, 0.717) is 35.4 Å². The molecule has 4 N–H and O–H groups in total. The molecule has 0 fully saturated rings. The van der Waals surface area contributed by atoms with Crippen molar-refractivity contribution in [2.45, 2.75) is 78.0 Å². The van der Waals surface area contributed by atoms with Gasteiger partial charge in [-0.1, -0.05) is 29.4 Å². The van der Waals surface area contributed by atoms with E-state index >= 15 is 0 Å². The lowest BCUT2D eigenvalue weighted by atomic mass is 9.84. The van der Waals surface area contributed by atoms with Gasteiger partial charge in [-0.25, -0.2) is 0 Å². The van der Waals surface area contributed by atoms with Crippen molar-refractivity contribution < 1.29 is 19.7 Å². The van der Waals surface area contributed by atoms with Crippen LogP contribution in [0.5, 0.6) is 11.5 Å². The molecule has 5 rings (SSSR count). The second-order valence-corrected chi connectivity index (χ2v) is 11.3. The number of nitrogens with zero attached hydrogens (tertiary/aromatic N) is 1. The third-order valence-electron chi connectivity index (χ3n) is 8.01. The van der Waals surface area contributed by atoms with Crippen LogP contribution in [0, 0.1) is 0 Å². The molecular weight excluding hydrogens is 510 g/mol. The van der Waals surface area contributed by atoms with Gasteiger partial charge in [0, 0.05) is 17.5 Å². The number of amides is 1. The van der Waals surface area contributed by atoms with E-state index in [0.717, 1.165) is 12.8 Å². The number of carbonyl (C=O) groups is 1. The predicted molar refractivity (Wildman–Crippen MR) is 154 cm³/mol. The van der Waals surface area contributed by atoms with Gasteiger partial charge in [0.05, 0.1) is 34.7 Å². The van der Waals surface area contributed by atoms with Gasteiger partial charge in [0.25, 0.3) is 17.0 Å². The molecule has 1 amide bonds. The average Bonchev–Trinajstić information content (AvgIpc) is 3.23. The SMILES string of the molecule is CC(C)=CCC/C(C)=C/CC[C@]1(C)Oc2c(c(O)cc3c2CN(c2cccc4c(=O)[nH][nH]c(=O)c24)C3=O)C[C@@H]1O. The van der Waals surface area contributed by atoms with Crippen LogP contribution in [-0.4, -0.2) is 38.0 Å². The van der Waals surface area contributed by atoms with Crippen LogP contribution in [0.4, 0.5) is 5.69 Å². The van der Waals surface area contributed by atoms with Crippen LogP contribution in [-0.2, 0) is 13.0 Å². The van der Waals surface area contributed by atoms with Crippen molar-refractivity contribution in [3.63, 3.8) is 0 Å². The number of anilines is 1. The van der Waals surface area contributed by atoms with Crippen LogP contribution >= 0.6 is 0 Å². The minimum absolute atomic E-state index is 0.0949. The fraction of sp³-hybridized carbons (Fsp3) is 0.387. The molecule has 2 aliphatic rings. The summed E-state index contributed by atoms with van der Waals surface area (Å²) in [6.45, 7) is 8.23. The highest BCUT2D eigenvalue weighted by atomic mass is 16.5. The Bertz CT molecular complexity index is 1680. The molecule has 2 aliphatic heterocycles. The zero-order valence-corrected chi connectivity index (χ0v) is 23.3. The normalized spacial score (nSPS) is 20.3. The molecule has 0 spiro atoms. The molecule has 0 saturated heterocycles. The number of aromatic hydroxyl groups is 1. The highest BCUT2D eigenvalue weighted by molar-refractivity contribution is 6.14. The minimum Gasteiger partial charge on any atom is -0.508 e. The number of aromatic nitrogens is 2. The number of phenolic OH excluding ortho intramolecular Hbond substituents is 1. The summed E-state index contributed by atoms with van der Waals surface area (Å²) < 4.78 is 6.46. The number of carbonyl (C=O) groups excluding carboxylic acids is 1. The van der Waals surface area contributed by atoms with E-state index in [1.54, 1.807) is 12.1 Å². The second kappa shape index (κ2) is 10.5. The van der Waals surface area contributed by atoms with Crippen molar-refractivity contribution in [2.24, 2.45) is 0 Å². The number of phenols is 1. The highest BCUT2D eigenvalue weighted by Crippen LogP contribution is 2.47. The largest absolute Gasteiger partial charge is 0.508 e. The number of nitrogens with one attached hydrogen (secondary N) is 2. The first kappa shape index (κ1) is 27.5. The van der Waals surface area contributed by atoms with Gasteiger partial charge in [-0.2, -0.15) is 0 Å². The lowest BCUT2D eigenvalue weighted by Gasteiger charge is -2.40. The number of aromatic amines is 2. The molecule has 2 aromatic carbocycles. The molecule has 0 bridgehead atoms. The molecule has 2 atom stereocenters. The lowest BCUT2D eigenvalue weighted by Crippen LogP contribution is -2.49. The molecular formula is C31H35N3O6. The zero-order valence-electron chi connectivity index (χ0n) is 23.3. The number of allylic oxidation sites excluding steroid dienone is 4. The third kappa shape index (κ3) is 4.86. The van der Waals surface area contributed by atoms with E-state index in [2.05, 4.69) is 43.1 Å². The molecule has 9 heteroatoms. The Balaban J connectivity index is 1.45. The van der Waals surface area contributed by atoms with Gasteiger partial charge in [0.2, 0.25) is 0 Å². The van der Waals surface area contributed by atoms with Crippen molar-refractivity contribution in [2.75, 3.05) is 4.90 Å². The smallest absolute Gasteiger partial charge is 0.272 e. The summed E-state index contributed by atoms with van der Waals surface area (Å²) in [7, 11) is 0. The Hall–Kier alpha value is -4.11. The number of benzene rings is 2. The van der Waals surface area contributed by atoms with E-state index in [9.17, 15) is 24.6 Å². The average molecular weight is 546 g/mol. The van der Waals surface area contributed by atoms with Crippen molar-refractivity contribution in [3.05, 3.63) is 85.0 Å². The molecule has 9 nitrogen and oxygen atoms in total. The molecule has 40 heavy (non-hydrogen) atoms. The summed E-state index contributed by atoms with van der Waals surface area (Å²) in [6, 6.07) is 6.17. The van der Waals surface area contributed by atoms with Crippen molar-refractivity contribution in [1.82, 2.24) is 10.2 Å². The summed E-state index contributed by atoms with van der Waals surface area (Å²) in [6.07, 6.45) is 6.95. The van der Waals surface area contributed by atoms with Crippen molar-refractivity contribution in [1.29, 1.82) is 0 Å². The van der Waals surface area contributed by atoms with Crippen LogP contribution in [0.25, 0.3) is 10.8 Å². The Kier molecular flexibility index (Phi) is 7.18. The van der Waals surface area contributed by atoms with Crippen LogP contribution in [0.2, 0.25) is 0 Å². The number of H-pyrrole nitrogens is 2. The number of aliphatic hydroxyl groups excluding tert-OH is 1. The van der Waals surface area contributed by atoms with Gasteiger partial charge < -0.3 is 19.8 Å². The maximum absolute atomic E-state index is 13.6. The highest BCUT2D eigenvalue weighted by Gasteiger charge is 2.44. The van der Waals surface area contributed by atoms with Gasteiger partial charge in [-0.05, 0) is 71.6 Å². The fourth-order valence-electron chi connectivity index (χ4n) is 5.63. The molecule has 210 valence electrons. The topological polar surface area (TPSA) is 136 Å². The Morgan fingerprint density at radius 2 is 1.85 bits per heavy atom. The van der Waals surface area contributed by atoms with Crippen LogP contribution in [0.1, 0.15) is 74.9 Å². The second-order valence-electron chi connectivity index (χ2n) is 11.3. The van der Waals surface area contributed by atoms with Crippen molar-refractivity contribution >= 4 is 22.4 Å². The molecule has 3 aromatic rings. The van der Waals surface area contributed by atoms with E-state index in [-0.39, 0.29) is 35.1 Å². The maximum Gasteiger partial charge on any atom is 0.272 e. The van der Waals surface area contributed by atoms with Gasteiger partial charge in [-0.3, -0.25) is 24.6 Å². The van der Waals surface area contributed by atoms with Crippen molar-refractivity contribution in [3.8, 4) is 11.5 Å². The van der Waals surface area contributed by atoms with Crippen LogP contribution in [0.15, 0.2) is 57.2 Å². The summed E-state index contributed by atoms with van der Waals surface area (Å²) in [5.41, 5.74) is 2.27. The number of hydrogen-bond acceptors (Lipinski definition) is 6. The number of rotatable bonds is 7. The molecule has 0 unspecified atom stereocenters. The molecule has 0 aliphatic carbocycles. The predicted octanol–water partition coefficient (Wildman–Crippen LogP) is 4.61. The third-order valence-corrected chi connectivity index (χ3v) is 8.01. The monoisotopic (exact) mass is 545 g/mol. The summed E-state index contributed by atoms with van der Waals surface area (Å²) in [4.78, 5) is 40.0. The van der Waals surface area contributed by atoms with Gasteiger partial charge >= 0.3 is 0 Å². The fourth-order valence-corrected chi connectivity index (χ4v) is 5.63. The van der Waals surface area contributed by atoms with E-state index in [1.807, 2.05) is 6.92 Å². The summed E-state index contributed by atoms with van der Waals surface area (Å²) >= 11 is 0. The Morgan fingerprint density at radius 1 is 1.10 bits per heavy atom. The summed E-state index contributed by atoms with van der Waals surface area (Å²) in [5, 5.41) is 26.8. The summed E-state index contributed by atoms with van der Waals surface area (Å²) in [5.74, 6) is -0.131. The number of ether oxygens (including phenoxy) is 1. The maximum atomic E-state index is 13.6. The molecule has 0 radical (unpaired) electrons. The van der Waals surface area contributed by atoms with E-state index in [4.69, 9.17) is 4.74 Å². The van der Waals surface area contributed by atoms with Crippen LogP contribution in [0.3, 0.4) is 0 Å². The Morgan fingerprint density at radius 3 is 2.60 bits per heavy atom. The van der Waals surface area contributed by atoms with E-state index < -0.39 is 28.7 Å². The zero-order chi connectivity index (χ0) is 28.8. The van der Waals surface area contributed by atoms with Gasteiger partial charge in [0.1, 0.15) is 17.1 Å². The Labute approximate surface area is 231 Å². The number of fused-ring (bicyclic) bond motifs is 4.